The summed E-state index contributed by atoms with van der Waals surface area (Å²) in [5.74, 6) is 2.71. The molecule has 5 heteroatoms. The summed E-state index contributed by atoms with van der Waals surface area (Å²) in [6.07, 6.45) is 0.834. The molecule has 0 fully saturated rings. The van der Waals surface area contributed by atoms with Crippen LogP contribution in [0.4, 0.5) is 5.82 Å². The van der Waals surface area contributed by atoms with Crippen LogP contribution in [0.15, 0.2) is 6.07 Å². The van der Waals surface area contributed by atoms with E-state index >= 15 is 0 Å². The molecule has 0 unspecified atom stereocenters. The first-order valence-electron chi connectivity index (χ1n) is 7.08. The summed E-state index contributed by atoms with van der Waals surface area (Å²) in [6.45, 7) is 11.6. The molecule has 1 heterocycles. The van der Waals surface area contributed by atoms with E-state index < -0.39 is 0 Å². The Morgan fingerprint density at radius 1 is 1.20 bits per heavy atom. The van der Waals surface area contributed by atoms with Gasteiger partial charge in [0.05, 0.1) is 6.61 Å². The minimum atomic E-state index is -0.0484. The zero-order chi connectivity index (χ0) is 15.2. The average Bonchev–Trinajstić information content (AvgIpc) is 2.25. The Bertz CT molecular complexity index is 414. The highest BCUT2D eigenvalue weighted by Crippen LogP contribution is 2.19. The number of nitrogens with zero attached hydrogens (tertiary/aromatic N) is 2. The molecule has 0 aromatic carbocycles. The number of ether oxygens (including phenoxy) is 2. The van der Waals surface area contributed by atoms with Crippen LogP contribution in [0.5, 0.6) is 5.88 Å². The molecule has 1 aromatic rings. The molecular formula is C15H27N3O2. The molecule has 0 aliphatic carbocycles. The molecule has 114 valence electrons. The molecular weight excluding hydrogens is 254 g/mol. The highest BCUT2D eigenvalue weighted by molar-refractivity contribution is 5.40. The lowest BCUT2D eigenvalue weighted by Crippen LogP contribution is -2.27. The Balaban J connectivity index is 2.89. The molecule has 0 bridgehead atoms. The predicted octanol–water partition coefficient (Wildman–Crippen LogP) is 2.91. The quantitative estimate of drug-likeness (QED) is 0.779. The summed E-state index contributed by atoms with van der Waals surface area (Å²) >= 11 is 0. The Morgan fingerprint density at radius 2 is 1.90 bits per heavy atom. The predicted molar refractivity (Wildman–Crippen MR) is 81.3 cm³/mol. The minimum Gasteiger partial charge on any atom is -0.475 e. The van der Waals surface area contributed by atoms with Crippen LogP contribution in [0.25, 0.3) is 0 Å². The molecule has 1 rings (SSSR count). The summed E-state index contributed by atoms with van der Waals surface area (Å²) in [4.78, 5) is 9.00. The smallest absolute Gasteiger partial charge is 0.218 e. The molecule has 1 N–H and O–H groups in total. The highest BCUT2D eigenvalue weighted by Gasteiger charge is 2.13. The van der Waals surface area contributed by atoms with Gasteiger partial charge in [0.2, 0.25) is 5.88 Å². The van der Waals surface area contributed by atoms with Crippen LogP contribution in [0.3, 0.4) is 0 Å². The molecule has 0 amide bonds. The fourth-order valence-electron chi connectivity index (χ4n) is 1.68. The molecule has 0 saturated heterocycles. The van der Waals surface area contributed by atoms with Crippen molar-refractivity contribution in [1.29, 1.82) is 0 Å². The van der Waals surface area contributed by atoms with Gasteiger partial charge in [0.15, 0.2) is 0 Å². The second-order valence-electron chi connectivity index (χ2n) is 6.32. The van der Waals surface area contributed by atoms with E-state index in [4.69, 9.17) is 9.47 Å². The van der Waals surface area contributed by atoms with Crippen molar-refractivity contribution < 1.29 is 9.47 Å². The zero-order valence-electron chi connectivity index (χ0n) is 13.5. The topological polar surface area (TPSA) is 56.3 Å². The van der Waals surface area contributed by atoms with Crippen LogP contribution in [0.2, 0.25) is 0 Å². The van der Waals surface area contributed by atoms with Crippen molar-refractivity contribution >= 4 is 5.82 Å². The van der Waals surface area contributed by atoms with E-state index in [-0.39, 0.29) is 5.54 Å². The summed E-state index contributed by atoms with van der Waals surface area (Å²) in [6, 6.07) is 1.84. The zero-order valence-corrected chi connectivity index (χ0v) is 13.5. The minimum absolute atomic E-state index is 0.0484. The van der Waals surface area contributed by atoms with Crippen LogP contribution in [0.1, 0.15) is 40.4 Å². The van der Waals surface area contributed by atoms with Gasteiger partial charge in [0, 0.05) is 25.1 Å². The van der Waals surface area contributed by atoms with E-state index in [9.17, 15) is 0 Å². The van der Waals surface area contributed by atoms with Gasteiger partial charge in [-0.1, -0.05) is 13.8 Å². The lowest BCUT2D eigenvalue weighted by atomic mass is 10.1. The second-order valence-corrected chi connectivity index (χ2v) is 6.32. The number of methoxy groups -OCH3 is 1. The largest absolute Gasteiger partial charge is 0.475 e. The van der Waals surface area contributed by atoms with Gasteiger partial charge in [-0.3, -0.25) is 0 Å². The molecule has 5 nitrogen and oxygen atoms in total. The third kappa shape index (κ3) is 6.70. The number of anilines is 1. The van der Waals surface area contributed by atoms with Crippen molar-refractivity contribution in [3.05, 3.63) is 11.9 Å². The standard InChI is InChI=1S/C15H27N3O2/c1-11(2)9-12-16-13(18-15(3,4)5)10-14(17-12)20-8-7-19-6/h10-11H,7-9H2,1-6H3,(H,16,17,18). The third-order valence-corrected chi connectivity index (χ3v) is 2.38. The van der Waals surface area contributed by atoms with Crippen molar-refractivity contribution in [2.75, 3.05) is 25.6 Å². The Labute approximate surface area is 122 Å². The Kier molecular flexibility index (Phi) is 6.20. The molecule has 1 aromatic heterocycles. The summed E-state index contributed by atoms with van der Waals surface area (Å²) in [7, 11) is 1.65. The van der Waals surface area contributed by atoms with Gasteiger partial charge in [-0.15, -0.1) is 0 Å². The summed E-state index contributed by atoms with van der Waals surface area (Å²) in [5.41, 5.74) is -0.0484. The second kappa shape index (κ2) is 7.43. The van der Waals surface area contributed by atoms with E-state index in [2.05, 4.69) is 49.9 Å². The van der Waals surface area contributed by atoms with Gasteiger partial charge >= 0.3 is 0 Å². The van der Waals surface area contributed by atoms with Gasteiger partial charge in [0.1, 0.15) is 18.2 Å². The molecule has 20 heavy (non-hydrogen) atoms. The molecule has 0 radical (unpaired) electrons. The maximum atomic E-state index is 5.61. The van der Waals surface area contributed by atoms with E-state index in [0.29, 0.717) is 25.0 Å². The highest BCUT2D eigenvalue weighted by atomic mass is 16.5. The molecule has 0 aliphatic heterocycles. The first-order chi connectivity index (χ1) is 9.30. The summed E-state index contributed by atoms with van der Waals surface area (Å²) in [5, 5.41) is 3.36. The molecule has 0 aliphatic rings. The van der Waals surface area contributed by atoms with Crippen LogP contribution in [-0.4, -0.2) is 35.8 Å². The first kappa shape index (κ1) is 16.7. The van der Waals surface area contributed by atoms with Crippen LogP contribution >= 0.6 is 0 Å². The summed E-state index contributed by atoms with van der Waals surface area (Å²) < 4.78 is 10.6. The first-order valence-corrected chi connectivity index (χ1v) is 7.08. The van der Waals surface area contributed by atoms with E-state index in [1.165, 1.54) is 0 Å². The monoisotopic (exact) mass is 281 g/mol. The lowest BCUT2D eigenvalue weighted by molar-refractivity contribution is 0.143. The number of hydrogen-bond acceptors (Lipinski definition) is 5. The number of aromatic nitrogens is 2. The van der Waals surface area contributed by atoms with E-state index in [1.54, 1.807) is 7.11 Å². The molecule has 0 saturated carbocycles. The van der Waals surface area contributed by atoms with Crippen molar-refractivity contribution in [2.24, 2.45) is 5.92 Å². The van der Waals surface area contributed by atoms with Crippen LogP contribution < -0.4 is 10.1 Å². The Hall–Kier alpha value is -1.36. The van der Waals surface area contributed by atoms with Gasteiger partial charge in [0.25, 0.3) is 0 Å². The van der Waals surface area contributed by atoms with Crippen molar-refractivity contribution in [2.45, 2.75) is 46.6 Å². The maximum absolute atomic E-state index is 5.61. The number of nitrogens with one attached hydrogen (secondary N) is 1. The van der Waals surface area contributed by atoms with Crippen molar-refractivity contribution in [3.8, 4) is 5.88 Å². The van der Waals surface area contributed by atoms with Crippen molar-refractivity contribution in [1.82, 2.24) is 9.97 Å². The van der Waals surface area contributed by atoms with Gasteiger partial charge in [-0.2, -0.15) is 4.98 Å². The number of hydrogen-bond donors (Lipinski definition) is 1. The van der Waals surface area contributed by atoms with Gasteiger partial charge < -0.3 is 14.8 Å². The van der Waals surface area contributed by atoms with Gasteiger partial charge in [-0.25, -0.2) is 4.98 Å². The lowest BCUT2D eigenvalue weighted by Gasteiger charge is -2.22. The van der Waals surface area contributed by atoms with E-state index in [1.807, 2.05) is 6.07 Å². The Morgan fingerprint density at radius 3 is 2.45 bits per heavy atom. The van der Waals surface area contributed by atoms with Gasteiger partial charge in [-0.05, 0) is 26.7 Å². The van der Waals surface area contributed by atoms with Crippen LogP contribution in [-0.2, 0) is 11.2 Å². The normalized spacial score (nSPS) is 11.8. The third-order valence-electron chi connectivity index (χ3n) is 2.38. The fourth-order valence-corrected chi connectivity index (χ4v) is 1.68. The van der Waals surface area contributed by atoms with Crippen LogP contribution in [0, 0.1) is 5.92 Å². The van der Waals surface area contributed by atoms with Crippen molar-refractivity contribution in [3.63, 3.8) is 0 Å². The fraction of sp³-hybridized carbons (Fsp3) is 0.733. The van der Waals surface area contributed by atoms with E-state index in [0.717, 1.165) is 18.1 Å². The SMILES string of the molecule is COCCOc1cc(NC(C)(C)C)nc(CC(C)C)n1. The molecule has 0 atom stereocenters. The maximum Gasteiger partial charge on any atom is 0.218 e. The average molecular weight is 281 g/mol. The number of rotatable bonds is 7. The molecule has 0 spiro atoms.